The van der Waals surface area contributed by atoms with E-state index in [4.69, 9.17) is 0 Å². The van der Waals surface area contributed by atoms with Gasteiger partial charge in [0.05, 0.1) is 5.75 Å². The summed E-state index contributed by atoms with van der Waals surface area (Å²) in [6.07, 6.45) is 1.13. The highest BCUT2D eigenvalue weighted by Gasteiger charge is 2.22. The van der Waals surface area contributed by atoms with Crippen molar-refractivity contribution in [3.05, 3.63) is 28.2 Å². The Morgan fingerprint density at radius 1 is 1.52 bits per heavy atom. The van der Waals surface area contributed by atoms with Gasteiger partial charge < -0.3 is 10.6 Å². The molecule has 2 rings (SSSR count). The summed E-state index contributed by atoms with van der Waals surface area (Å²) in [7, 11) is 0. The van der Waals surface area contributed by atoms with Gasteiger partial charge in [0, 0.05) is 22.0 Å². The fraction of sp³-hybridized carbons (Fsp3) is 0.533. The summed E-state index contributed by atoms with van der Waals surface area (Å²) in [4.78, 5) is 13.2. The van der Waals surface area contributed by atoms with Crippen LogP contribution in [0.25, 0.3) is 0 Å². The first-order valence-electron chi connectivity index (χ1n) is 6.95. The molecule has 1 heterocycles. The highest BCUT2D eigenvalue weighted by atomic mass is 79.9. The van der Waals surface area contributed by atoms with Crippen molar-refractivity contribution in [3.63, 3.8) is 0 Å². The van der Waals surface area contributed by atoms with Crippen molar-refractivity contribution in [2.24, 2.45) is 5.92 Å². The Hall–Kier alpha value is -0.230. The van der Waals surface area contributed by atoms with Crippen LogP contribution in [0.15, 0.2) is 27.6 Å². The number of hydrogen-bond donors (Lipinski definition) is 2. The van der Waals surface area contributed by atoms with E-state index in [0.29, 0.717) is 11.7 Å². The van der Waals surface area contributed by atoms with Crippen molar-refractivity contribution in [2.75, 3.05) is 18.8 Å². The van der Waals surface area contributed by atoms with E-state index in [1.807, 2.05) is 6.07 Å². The van der Waals surface area contributed by atoms with Crippen LogP contribution in [-0.4, -0.2) is 30.8 Å². The molecule has 1 amide bonds. The van der Waals surface area contributed by atoms with Crippen molar-refractivity contribution in [1.29, 1.82) is 0 Å². The van der Waals surface area contributed by atoms with Crippen LogP contribution in [0.5, 0.6) is 0 Å². The zero-order valence-corrected chi connectivity index (χ0v) is 15.5. The predicted octanol–water partition coefficient (Wildman–Crippen LogP) is 3.39. The van der Waals surface area contributed by atoms with Gasteiger partial charge in [-0.1, -0.05) is 22.9 Å². The van der Waals surface area contributed by atoms with Gasteiger partial charge in [-0.15, -0.1) is 24.2 Å². The molecule has 6 heteroatoms. The molecule has 1 aromatic rings. The summed E-state index contributed by atoms with van der Waals surface area (Å²) in [6.45, 7) is 6.21. The number of amides is 1. The Morgan fingerprint density at radius 3 is 2.95 bits per heavy atom. The van der Waals surface area contributed by atoms with Gasteiger partial charge in [-0.25, -0.2) is 0 Å². The fourth-order valence-corrected chi connectivity index (χ4v) is 3.65. The highest BCUT2D eigenvalue weighted by molar-refractivity contribution is 9.10. The number of hydrogen-bond acceptors (Lipinski definition) is 3. The molecule has 1 aliphatic heterocycles. The molecule has 0 saturated carbocycles. The number of benzene rings is 1. The van der Waals surface area contributed by atoms with Crippen LogP contribution in [0.1, 0.15) is 18.9 Å². The summed E-state index contributed by atoms with van der Waals surface area (Å²) in [5.74, 6) is 1.16. The lowest BCUT2D eigenvalue weighted by Gasteiger charge is -2.30. The second-order valence-electron chi connectivity index (χ2n) is 5.34. The molecule has 0 bridgehead atoms. The van der Waals surface area contributed by atoms with Gasteiger partial charge in [0.2, 0.25) is 5.91 Å². The molecule has 118 valence electrons. The number of thioether (sulfide) groups is 1. The first-order valence-corrected chi connectivity index (χ1v) is 8.73. The standard InChI is InChI=1S/C15H21BrN2OS.ClH/c1-10-5-6-17-8-13(10)18-15(19)9-20-14-4-3-12(16)7-11(14)2;/h3-4,7,10,13,17H,5-6,8-9H2,1-2H3,(H,18,19);1H. The van der Waals surface area contributed by atoms with Gasteiger partial charge in [0.15, 0.2) is 0 Å². The van der Waals surface area contributed by atoms with Crippen molar-refractivity contribution >= 4 is 46.0 Å². The van der Waals surface area contributed by atoms with Crippen LogP contribution in [0.2, 0.25) is 0 Å². The van der Waals surface area contributed by atoms with E-state index in [-0.39, 0.29) is 24.4 Å². The summed E-state index contributed by atoms with van der Waals surface area (Å²) in [5, 5.41) is 6.47. The molecule has 0 radical (unpaired) electrons. The number of halogens is 2. The summed E-state index contributed by atoms with van der Waals surface area (Å²) < 4.78 is 1.07. The van der Waals surface area contributed by atoms with Crippen molar-refractivity contribution < 1.29 is 4.79 Å². The molecule has 0 spiro atoms. The first-order chi connectivity index (χ1) is 9.56. The molecule has 2 N–H and O–H groups in total. The van der Waals surface area contributed by atoms with E-state index in [1.165, 1.54) is 5.56 Å². The van der Waals surface area contributed by atoms with Gasteiger partial charge in [-0.2, -0.15) is 0 Å². The lowest BCUT2D eigenvalue weighted by atomic mass is 9.95. The van der Waals surface area contributed by atoms with Crippen molar-refractivity contribution in [1.82, 2.24) is 10.6 Å². The van der Waals surface area contributed by atoms with Crippen LogP contribution in [-0.2, 0) is 4.79 Å². The number of piperidine rings is 1. The third-order valence-electron chi connectivity index (χ3n) is 3.67. The zero-order chi connectivity index (χ0) is 14.5. The van der Waals surface area contributed by atoms with E-state index < -0.39 is 0 Å². The van der Waals surface area contributed by atoms with E-state index in [9.17, 15) is 4.79 Å². The van der Waals surface area contributed by atoms with Crippen molar-refractivity contribution in [3.8, 4) is 0 Å². The summed E-state index contributed by atoms with van der Waals surface area (Å²) >= 11 is 5.05. The minimum atomic E-state index is 0. The molecule has 2 atom stereocenters. The second kappa shape index (κ2) is 9.03. The summed E-state index contributed by atoms with van der Waals surface area (Å²) in [5.41, 5.74) is 1.20. The molecule has 2 unspecified atom stereocenters. The van der Waals surface area contributed by atoms with Crippen LogP contribution in [0.4, 0.5) is 0 Å². The highest BCUT2D eigenvalue weighted by Crippen LogP contribution is 2.25. The molecule has 21 heavy (non-hydrogen) atoms. The number of carbonyl (C=O) groups excluding carboxylic acids is 1. The molecule has 0 aromatic heterocycles. The third kappa shape index (κ3) is 5.81. The summed E-state index contributed by atoms with van der Waals surface area (Å²) in [6, 6.07) is 6.42. The van der Waals surface area contributed by atoms with E-state index >= 15 is 0 Å². The molecule has 1 aliphatic rings. The molecular weight excluding hydrogens is 372 g/mol. The van der Waals surface area contributed by atoms with Crippen LogP contribution in [0, 0.1) is 12.8 Å². The van der Waals surface area contributed by atoms with Gasteiger partial charge in [0.1, 0.15) is 0 Å². The van der Waals surface area contributed by atoms with Crippen LogP contribution in [0.3, 0.4) is 0 Å². The number of rotatable bonds is 4. The monoisotopic (exact) mass is 392 g/mol. The lowest BCUT2D eigenvalue weighted by Crippen LogP contribution is -2.50. The number of nitrogens with one attached hydrogen (secondary N) is 2. The van der Waals surface area contributed by atoms with Gasteiger partial charge in [-0.05, 0) is 49.6 Å². The Kier molecular flexibility index (Phi) is 8.09. The Labute approximate surface area is 145 Å². The number of carbonyl (C=O) groups is 1. The Balaban J connectivity index is 0.00000220. The fourth-order valence-electron chi connectivity index (χ4n) is 2.35. The smallest absolute Gasteiger partial charge is 0.230 e. The Morgan fingerprint density at radius 2 is 2.29 bits per heavy atom. The van der Waals surface area contributed by atoms with Gasteiger partial charge in [0.25, 0.3) is 0 Å². The van der Waals surface area contributed by atoms with Gasteiger partial charge in [-0.3, -0.25) is 4.79 Å². The maximum absolute atomic E-state index is 12.0. The van der Waals surface area contributed by atoms with Gasteiger partial charge >= 0.3 is 0 Å². The SMILES string of the molecule is Cc1cc(Br)ccc1SCC(=O)NC1CNCCC1C.Cl. The van der Waals surface area contributed by atoms with Crippen LogP contribution < -0.4 is 10.6 Å². The molecule has 1 aromatic carbocycles. The maximum atomic E-state index is 12.0. The third-order valence-corrected chi connectivity index (χ3v) is 5.34. The molecule has 0 aliphatic carbocycles. The zero-order valence-electron chi connectivity index (χ0n) is 12.3. The molecule has 3 nitrogen and oxygen atoms in total. The second-order valence-corrected chi connectivity index (χ2v) is 7.28. The average Bonchev–Trinajstić information content (AvgIpc) is 2.40. The van der Waals surface area contributed by atoms with Crippen LogP contribution >= 0.6 is 40.1 Å². The lowest BCUT2D eigenvalue weighted by molar-refractivity contribution is -0.119. The minimum absolute atomic E-state index is 0. The first kappa shape index (κ1) is 18.8. The normalized spacial score (nSPS) is 21.5. The average molecular weight is 394 g/mol. The molecular formula is C15H22BrClN2OS. The number of aryl methyl sites for hydroxylation is 1. The van der Waals surface area contributed by atoms with E-state index in [2.05, 4.69) is 52.5 Å². The molecule has 1 fully saturated rings. The Bertz CT molecular complexity index is 487. The largest absolute Gasteiger partial charge is 0.351 e. The topological polar surface area (TPSA) is 41.1 Å². The quantitative estimate of drug-likeness (QED) is 0.771. The van der Waals surface area contributed by atoms with E-state index in [1.54, 1.807) is 11.8 Å². The maximum Gasteiger partial charge on any atom is 0.230 e. The molecule has 1 saturated heterocycles. The van der Waals surface area contributed by atoms with Crippen molar-refractivity contribution in [2.45, 2.75) is 31.2 Å². The van der Waals surface area contributed by atoms with E-state index in [0.717, 1.165) is 28.9 Å². The minimum Gasteiger partial charge on any atom is -0.351 e. The predicted molar refractivity (Wildman–Crippen MR) is 95.4 cm³/mol.